The van der Waals surface area contributed by atoms with Crippen LogP contribution in [0.2, 0.25) is 0 Å². The van der Waals surface area contributed by atoms with E-state index in [2.05, 4.69) is 9.88 Å². The maximum Gasteiger partial charge on any atom is 0.252 e. The van der Waals surface area contributed by atoms with Crippen LogP contribution in [0.15, 0.2) is 67.3 Å². The van der Waals surface area contributed by atoms with Crippen molar-refractivity contribution in [1.29, 1.82) is 0 Å². The number of hydrogen-bond acceptors (Lipinski definition) is 8. The van der Waals surface area contributed by atoms with Gasteiger partial charge < -0.3 is 29.5 Å². The van der Waals surface area contributed by atoms with E-state index in [1.54, 1.807) is 36.4 Å². The number of methoxy groups -OCH3 is 1. The van der Waals surface area contributed by atoms with E-state index in [1.807, 2.05) is 10.6 Å². The molecule has 11 heteroatoms. The summed E-state index contributed by atoms with van der Waals surface area (Å²) < 4.78 is 13.2. The molecule has 6 rings (SSSR count). The number of carbonyl (C=O) groups is 1. The third-order valence-electron chi connectivity index (χ3n) is 8.11. The molecule has 0 radical (unpaired) electrons. The maximum atomic E-state index is 13.1. The standard InChI is InChI=1S/C30H30N4O7/c1-40-19-5-6-23-17(8-19)9-22(30(39)32-23)21(11-26(31)36)29-28(38)25(35)10-20(41-29)15-33-12-16-7-18(14-33)24-3-2-4-27(37)34(24)13-16/h2-6,8-10,16,18,21,38H,7,11-15H2,1H3,(H2,31,36)(H,32,39)/t16-,18+,21+/m1/s1. The third-order valence-corrected chi connectivity index (χ3v) is 8.11. The predicted molar refractivity (Wildman–Crippen MR) is 150 cm³/mol. The van der Waals surface area contributed by atoms with Crippen molar-refractivity contribution in [3.05, 3.63) is 102 Å². The highest BCUT2D eigenvalue weighted by Crippen LogP contribution is 2.37. The Balaban J connectivity index is 1.36. The van der Waals surface area contributed by atoms with Crippen LogP contribution < -0.4 is 27.0 Å². The Bertz CT molecular complexity index is 1840. The first-order valence-electron chi connectivity index (χ1n) is 13.5. The number of fused-ring (bicyclic) bond motifs is 5. The van der Waals surface area contributed by atoms with Crippen LogP contribution in [0.4, 0.5) is 0 Å². The van der Waals surface area contributed by atoms with E-state index >= 15 is 0 Å². The second-order valence-corrected chi connectivity index (χ2v) is 10.9. The van der Waals surface area contributed by atoms with Crippen molar-refractivity contribution in [2.75, 3.05) is 20.2 Å². The number of hydrogen-bond donors (Lipinski definition) is 3. The summed E-state index contributed by atoms with van der Waals surface area (Å²) in [6.45, 7) is 2.27. The number of nitrogens with zero attached hydrogens (tertiary/aromatic N) is 2. The highest BCUT2D eigenvalue weighted by Gasteiger charge is 2.35. The van der Waals surface area contributed by atoms with Crippen molar-refractivity contribution in [3.8, 4) is 11.5 Å². The minimum absolute atomic E-state index is 0.00226. The molecule has 1 saturated heterocycles. The molecule has 3 atom stereocenters. The molecule has 0 saturated carbocycles. The van der Waals surface area contributed by atoms with E-state index in [4.69, 9.17) is 14.9 Å². The van der Waals surface area contributed by atoms with Gasteiger partial charge in [0.1, 0.15) is 11.5 Å². The smallest absolute Gasteiger partial charge is 0.252 e. The molecule has 0 unspecified atom stereocenters. The van der Waals surface area contributed by atoms with E-state index in [1.165, 1.54) is 13.2 Å². The van der Waals surface area contributed by atoms with Crippen molar-refractivity contribution in [1.82, 2.24) is 14.5 Å². The van der Waals surface area contributed by atoms with E-state index < -0.39 is 28.6 Å². The topological polar surface area (TPSA) is 161 Å². The van der Waals surface area contributed by atoms with Gasteiger partial charge in [0, 0.05) is 66.3 Å². The van der Waals surface area contributed by atoms with E-state index in [0.29, 0.717) is 42.0 Å². The fourth-order valence-corrected chi connectivity index (χ4v) is 6.35. The lowest BCUT2D eigenvalue weighted by Gasteiger charge is -2.42. The lowest BCUT2D eigenvalue weighted by Crippen LogP contribution is -2.46. The second kappa shape index (κ2) is 10.4. The van der Waals surface area contributed by atoms with Gasteiger partial charge >= 0.3 is 0 Å². The minimum Gasteiger partial charge on any atom is -0.502 e. The van der Waals surface area contributed by atoms with Crippen molar-refractivity contribution in [2.24, 2.45) is 11.7 Å². The fourth-order valence-electron chi connectivity index (χ4n) is 6.35. The average Bonchev–Trinajstić information content (AvgIpc) is 2.93. The van der Waals surface area contributed by atoms with Crippen LogP contribution in [-0.2, 0) is 17.9 Å². The number of amides is 1. The summed E-state index contributed by atoms with van der Waals surface area (Å²) in [6.07, 6.45) is 0.610. The number of nitrogens with one attached hydrogen (secondary N) is 1. The zero-order valence-electron chi connectivity index (χ0n) is 22.5. The van der Waals surface area contributed by atoms with Crippen LogP contribution in [0.3, 0.4) is 0 Å². The summed E-state index contributed by atoms with van der Waals surface area (Å²) in [5.74, 6) is -1.40. The molecular weight excluding hydrogens is 528 g/mol. The van der Waals surface area contributed by atoms with Crippen molar-refractivity contribution >= 4 is 16.8 Å². The zero-order valence-corrected chi connectivity index (χ0v) is 22.5. The van der Waals surface area contributed by atoms with Gasteiger partial charge in [-0.05, 0) is 42.7 Å². The highest BCUT2D eigenvalue weighted by molar-refractivity contribution is 5.81. The molecule has 2 aliphatic rings. The third kappa shape index (κ3) is 5.04. The first-order chi connectivity index (χ1) is 19.7. The Hall–Kier alpha value is -4.64. The summed E-state index contributed by atoms with van der Waals surface area (Å²) in [5.41, 5.74) is 6.05. The summed E-state index contributed by atoms with van der Waals surface area (Å²) >= 11 is 0. The van der Waals surface area contributed by atoms with Crippen LogP contribution in [0, 0.1) is 5.92 Å². The number of aromatic hydroxyl groups is 1. The number of likely N-dealkylation sites (tertiary alicyclic amines) is 1. The van der Waals surface area contributed by atoms with Crippen molar-refractivity contribution in [3.63, 3.8) is 0 Å². The van der Waals surface area contributed by atoms with Crippen LogP contribution in [0.5, 0.6) is 11.5 Å². The van der Waals surface area contributed by atoms with E-state index in [-0.39, 0.29) is 41.7 Å². The molecule has 212 valence electrons. The van der Waals surface area contributed by atoms with Crippen molar-refractivity contribution < 1.29 is 19.1 Å². The maximum absolute atomic E-state index is 13.1. The quantitative estimate of drug-likeness (QED) is 0.310. The monoisotopic (exact) mass is 558 g/mol. The number of ether oxygens (including phenoxy) is 1. The molecule has 0 aliphatic carbocycles. The second-order valence-electron chi connectivity index (χ2n) is 10.9. The van der Waals surface area contributed by atoms with E-state index in [9.17, 15) is 24.3 Å². The minimum atomic E-state index is -1.10. The van der Waals surface area contributed by atoms with Gasteiger partial charge in [0.25, 0.3) is 11.1 Å². The Labute approximate surface area is 233 Å². The zero-order chi connectivity index (χ0) is 28.8. The number of carbonyl (C=O) groups excluding carboxylic acids is 1. The van der Waals surface area contributed by atoms with Gasteiger partial charge in [0.05, 0.1) is 19.6 Å². The lowest BCUT2D eigenvalue weighted by atomic mass is 9.83. The van der Waals surface area contributed by atoms with Gasteiger partial charge in [-0.25, -0.2) is 0 Å². The van der Waals surface area contributed by atoms with Crippen LogP contribution in [0.25, 0.3) is 10.9 Å². The lowest BCUT2D eigenvalue weighted by molar-refractivity contribution is -0.118. The molecule has 1 amide bonds. The fraction of sp³-hybridized carbons (Fsp3) is 0.333. The van der Waals surface area contributed by atoms with Crippen LogP contribution in [-0.4, -0.2) is 45.7 Å². The number of aromatic amines is 1. The Morgan fingerprint density at radius 1 is 1.15 bits per heavy atom. The molecule has 1 aromatic carbocycles. The number of rotatable bonds is 7. The largest absolute Gasteiger partial charge is 0.502 e. The molecular formula is C30H30N4O7. The highest BCUT2D eigenvalue weighted by atomic mass is 16.5. The summed E-state index contributed by atoms with van der Waals surface area (Å²) in [4.78, 5) is 55.5. The first-order valence-corrected chi connectivity index (χ1v) is 13.5. The van der Waals surface area contributed by atoms with Gasteiger partial charge in [0.2, 0.25) is 17.1 Å². The molecule has 2 bridgehead atoms. The van der Waals surface area contributed by atoms with Gasteiger partial charge in [-0.3, -0.25) is 24.1 Å². The Morgan fingerprint density at radius 3 is 2.76 bits per heavy atom. The molecule has 41 heavy (non-hydrogen) atoms. The van der Waals surface area contributed by atoms with Gasteiger partial charge in [-0.15, -0.1) is 0 Å². The Kier molecular flexibility index (Phi) is 6.74. The van der Waals surface area contributed by atoms with Gasteiger partial charge in [0.15, 0.2) is 5.76 Å². The molecule has 1 fully saturated rings. The number of pyridine rings is 2. The number of aromatic nitrogens is 2. The number of benzene rings is 1. The molecule has 0 spiro atoms. The molecule has 11 nitrogen and oxygen atoms in total. The molecule has 5 heterocycles. The number of piperidine rings is 1. The average molecular weight is 559 g/mol. The Morgan fingerprint density at radius 2 is 1.98 bits per heavy atom. The molecule has 2 aliphatic heterocycles. The van der Waals surface area contributed by atoms with Gasteiger partial charge in [-0.2, -0.15) is 0 Å². The summed E-state index contributed by atoms with van der Waals surface area (Å²) in [6, 6.07) is 13.3. The normalized spacial score (nSPS) is 19.0. The molecule has 4 N–H and O–H groups in total. The van der Waals surface area contributed by atoms with Crippen LogP contribution in [0.1, 0.15) is 47.5 Å². The molecule has 3 aromatic heterocycles. The first kappa shape index (κ1) is 26.6. The van der Waals surface area contributed by atoms with Crippen LogP contribution >= 0.6 is 0 Å². The number of nitrogens with two attached hydrogens (primary N) is 1. The van der Waals surface area contributed by atoms with E-state index in [0.717, 1.165) is 12.1 Å². The van der Waals surface area contributed by atoms with Gasteiger partial charge in [-0.1, -0.05) is 6.07 Å². The number of H-pyrrole nitrogens is 1. The molecule has 4 aromatic rings. The summed E-state index contributed by atoms with van der Waals surface area (Å²) in [7, 11) is 1.52. The number of primary amides is 1. The SMILES string of the molecule is COc1ccc2[nH]c(=O)c([C@H](CC(N)=O)c3oc(CN4C[C@H]5C[C@@H](C4)c4cccc(=O)n4C5)cc(=O)c3O)cc2c1. The predicted octanol–water partition coefficient (Wildman–Crippen LogP) is 1.98. The van der Waals surface area contributed by atoms with Crippen molar-refractivity contribution in [2.45, 2.75) is 37.8 Å². The summed E-state index contributed by atoms with van der Waals surface area (Å²) in [5, 5.41) is 11.4.